The zero-order chi connectivity index (χ0) is 21.7. The Morgan fingerprint density at radius 2 is 1.83 bits per heavy atom. The third kappa shape index (κ3) is 6.35. The van der Waals surface area contributed by atoms with Gasteiger partial charge in [-0.05, 0) is 78.5 Å². The molecule has 1 N–H and O–H groups in total. The molecule has 1 unspecified atom stereocenters. The van der Waals surface area contributed by atoms with Crippen LogP contribution in [0.3, 0.4) is 0 Å². The molecule has 0 saturated heterocycles. The van der Waals surface area contributed by atoms with Crippen molar-refractivity contribution in [3.05, 3.63) is 53.6 Å². The first-order valence-electron chi connectivity index (χ1n) is 9.99. The highest BCUT2D eigenvalue weighted by Crippen LogP contribution is 2.37. The lowest BCUT2D eigenvalue weighted by Crippen LogP contribution is -2.44. The van der Waals surface area contributed by atoms with Gasteiger partial charge in [-0.1, -0.05) is 25.8 Å². The molecule has 0 aliphatic heterocycles. The van der Waals surface area contributed by atoms with E-state index in [0.717, 1.165) is 37.0 Å². The van der Waals surface area contributed by atoms with Gasteiger partial charge < -0.3 is 10.2 Å². The Kier molecular flexibility index (Phi) is 7.63. The number of fused-ring (bicyclic) bond motifs is 1. The maximum absolute atomic E-state index is 13.0. The lowest BCUT2D eigenvalue weighted by atomic mass is 10.1. The lowest BCUT2D eigenvalue weighted by Gasteiger charge is -2.29. The van der Waals surface area contributed by atoms with Gasteiger partial charge in [0.25, 0.3) is 0 Å². The monoisotopic (exact) mass is 454 g/mol. The number of benzene rings is 2. The van der Waals surface area contributed by atoms with Crippen molar-refractivity contribution >= 4 is 36.1 Å². The van der Waals surface area contributed by atoms with Crippen LogP contribution in [0.15, 0.2) is 52.3 Å². The van der Waals surface area contributed by atoms with Gasteiger partial charge in [0.1, 0.15) is 0 Å². The van der Waals surface area contributed by atoms with Crippen LogP contribution in [0.25, 0.3) is 0 Å². The van der Waals surface area contributed by atoms with Crippen molar-refractivity contribution in [1.29, 1.82) is 0 Å². The van der Waals surface area contributed by atoms with Crippen molar-refractivity contribution < 1.29 is 18.0 Å². The fourth-order valence-corrected chi connectivity index (χ4v) is 4.49. The minimum absolute atomic E-state index is 0.0621. The van der Waals surface area contributed by atoms with Gasteiger partial charge in [0.15, 0.2) is 0 Å². The molecule has 0 fully saturated rings. The van der Waals surface area contributed by atoms with E-state index in [1.54, 1.807) is 0 Å². The van der Waals surface area contributed by atoms with Crippen molar-refractivity contribution in [3.63, 3.8) is 0 Å². The second-order valence-corrected chi connectivity index (χ2v) is 9.07. The molecule has 0 spiro atoms. The quantitative estimate of drug-likeness (QED) is 0.275. The predicted molar refractivity (Wildman–Crippen MR) is 118 cm³/mol. The zero-order valence-corrected chi connectivity index (χ0v) is 18.4. The summed E-state index contributed by atoms with van der Waals surface area (Å²) in [7, 11) is 0. The number of halogens is 3. The van der Waals surface area contributed by atoms with E-state index < -0.39 is 5.51 Å². The maximum atomic E-state index is 13.0. The third-order valence-corrected chi connectivity index (χ3v) is 6.16. The summed E-state index contributed by atoms with van der Waals surface area (Å²) in [5.41, 5.74) is -1.39. The number of amides is 2. The Bertz CT molecular complexity index is 872. The molecule has 162 valence electrons. The Morgan fingerprint density at radius 3 is 2.50 bits per heavy atom. The van der Waals surface area contributed by atoms with E-state index in [9.17, 15) is 18.0 Å². The largest absolute Gasteiger partial charge is 0.446 e. The van der Waals surface area contributed by atoms with Crippen molar-refractivity contribution in [2.75, 3.05) is 11.9 Å². The molecular weight excluding hydrogens is 429 g/mol. The molecule has 0 aromatic heterocycles. The highest BCUT2D eigenvalue weighted by molar-refractivity contribution is 8.00. The molecule has 1 aliphatic rings. The van der Waals surface area contributed by atoms with Crippen LogP contribution in [0, 0.1) is 0 Å². The number of thiol groups is 1. The van der Waals surface area contributed by atoms with Gasteiger partial charge in [-0.25, -0.2) is 4.79 Å². The number of hydrogen-bond acceptors (Lipinski definition) is 3. The summed E-state index contributed by atoms with van der Waals surface area (Å²) in [5.74, 6) is 0. The molecule has 2 amide bonds. The van der Waals surface area contributed by atoms with Gasteiger partial charge in [0.2, 0.25) is 0 Å². The van der Waals surface area contributed by atoms with Gasteiger partial charge in [-0.3, -0.25) is 0 Å². The molecule has 1 atom stereocenters. The molecule has 0 heterocycles. The van der Waals surface area contributed by atoms with Crippen molar-refractivity contribution in [2.45, 2.75) is 60.4 Å². The average Bonchev–Trinajstić information content (AvgIpc) is 3.08. The number of nitrogens with one attached hydrogen (secondary N) is 1. The Hall–Kier alpha value is -1.80. The van der Waals surface area contributed by atoms with Crippen LogP contribution in [0.2, 0.25) is 0 Å². The highest BCUT2D eigenvalue weighted by Gasteiger charge is 2.31. The van der Waals surface area contributed by atoms with Crippen LogP contribution in [0.5, 0.6) is 0 Å². The van der Waals surface area contributed by atoms with E-state index in [4.69, 9.17) is 0 Å². The van der Waals surface area contributed by atoms with Crippen LogP contribution < -0.4 is 5.32 Å². The summed E-state index contributed by atoms with van der Waals surface area (Å²) in [6, 6.07) is 11.7. The maximum Gasteiger partial charge on any atom is 0.446 e. The average molecular weight is 455 g/mol. The van der Waals surface area contributed by atoms with Gasteiger partial charge in [0, 0.05) is 28.1 Å². The Morgan fingerprint density at radius 1 is 1.13 bits per heavy atom. The van der Waals surface area contributed by atoms with Gasteiger partial charge in [-0.15, -0.1) is 12.6 Å². The molecule has 30 heavy (non-hydrogen) atoms. The number of hydrogen-bond donors (Lipinski definition) is 2. The molecule has 0 radical (unpaired) electrons. The number of carbonyl (C=O) groups excluding carboxylic acids is 1. The molecule has 2 aromatic carbocycles. The number of urea groups is 1. The first-order valence-corrected chi connectivity index (χ1v) is 11.3. The fraction of sp³-hybridized carbons (Fsp3) is 0.409. The predicted octanol–water partition coefficient (Wildman–Crippen LogP) is 6.78. The summed E-state index contributed by atoms with van der Waals surface area (Å²) >= 11 is 4.24. The number of thioether (sulfide) groups is 1. The van der Waals surface area contributed by atoms with E-state index in [1.807, 2.05) is 11.0 Å². The summed E-state index contributed by atoms with van der Waals surface area (Å²) in [4.78, 5) is 15.9. The Labute approximate surface area is 184 Å². The third-order valence-electron chi connectivity index (χ3n) is 5.14. The summed E-state index contributed by atoms with van der Waals surface area (Å²) in [6.45, 7) is 2.76. The molecule has 3 rings (SSSR count). The SMILES string of the molecule is CCCCCN(C(=O)Nc1ccc(SC(F)(F)F)cc1)C1Cc2ccc(S)cc2C1. The normalized spacial score (nSPS) is 15.7. The van der Waals surface area contributed by atoms with Crippen molar-refractivity contribution in [3.8, 4) is 0 Å². The zero-order valence-electron chi connectivity index (χ0n) is 16.7. The number of rotatable bonds is 7. The van der Waals surface area contributed by atoms with E-state index in [1.165, 1.54) is 35.4 Å². The molecular formula is C22H25F3N2OS2. The first kappa shape index (κ1) is 22.9. The standard InChI is InChI=1S/C22H25F3N2OS2/c1-2-3-4-11-27(18-12-15-5-8-19(29)14-16(15)13-18)21(28)26-17-6-9-20(10-7-17)30-22(23,24)25/h5-10,14,18,29H,2-4,11-13H2,1H3,(H,26,28). The van der Waals surface area contributed by atoms with Crippen LogP contribution in [-0.4, -0.2) is 29.0 Å². The summed E-state index contributed by atoms with van der Waals surface area (Å²) < 4.78 is 37.5. The van der Waals surface area contributed by atoms with Crippen LogP contribution >= 0.6 is 24.4 Å². The van der Waals surface area contributed by atoms with E-state index >= 15 is 0 Å². The number of unbranched alkanes of at least 4 members (excludes halogenated alkanes) is 2. The molecule has 8 heteroatoms. The molecule has 3 nitrogen and oxygen atoms in total. The second kappa shape index (κ2) is 10.0. The summed E-state index contributed by atoms with van der Waals surface area (Å²) in [6.07, 6.45) is 4.58. The smallest absolute Gasteiger partial charge is 0.321 e. The second-order valence-electron chi connectivity index (χ2n) is 7.42. The van der Waals surface area contributed by atoms with E-state index in [0.29, 0.717) is 12.2 Å². The van der Waals surface area contributed by atoms with Crippen molar-refractivity contribution in [1.82, 2.24) is 4.90 Å². The molecule has 0 saturated carbocycles. The van der Waals surface area contributed by atoms with Crippen molar-refractivity contribution in [2.24, 2.45) is 0 Å². The van der Waals surface area contributed by atoms with Crippen LogP contribution in [-0.2, 0) is 12.8 Å². The van der Waals surface area contributed by atoms with Crippen LogP contribution in [0.1, 0.15) is 37.3 Å². The molecule has 2 aromatic rings. The van der Waals surface area contributed by atoms with E-state index in [2.05, 4.69) is 37.0 Å². The number of carbonyl (C=O) groups is 1. The minimum Gasteiger partial charge on any atom is -0.321 e. The first-order chi connectivity index (χ1) is 14.2. The van der Waals surface area contributed by atoms with Gasteiger partial charge in [-0.2, -0.15) is 13.2 Å². The number of anilines is 1. The number of nitrogens with zero attached hydrogens (tertiary/aromatic N) is 1. The molecule has 1 aliphatic carbocycles. The summed E-state index contributed by atoms with van der Waals surface area (Å²) in [5, 5.41) is 2.86. The lowest BCUT2D eigenvalue weighted by molar-refractivity contribution is -0.0328. The topological polar surface area (TPSA) is 32.3 Å². The number of alkyl halides is 3. The van der Waals surface area contributed by atoms with Crippen LogP contribution in [0.4, 0.5) is 23.7 Å². The fourth-order valence-electron chi connectivity index (χ4n) is 3.72. The Balaban J connectivity index is 1.68. The molecule has 0 bridgehead atoms. The van der Waals surface area contributed by atoms with Gasteiger partial charge in [0.05, 0.1) is 0 Å². The minimum atomic E-state index is -4.33. The van der Waals surface area contributed by atoms with Gasteiger partial charge >= 0.3 is 11.5 Å². The highest BCUT2D eigenvalue weighted by atomic mass is 32.2. The van der Waals surface area contributed by atoms with E-state index in [-0.39, 0.29) is 28.7 Å².